The zero-order valence-corrected chi connectivity index (χ0v) is 35.2. The number of nitrogens with two attached hydrogens (primary N) is 1. The molecule has 0 fully saturated rings. The maximum absolute atomic E-state index is 12.1. The summed E-state index contributed by atoms with van der Waals surface area (Å²) in [5, 5.41) is 12.1. The van der Waals surface area contributed by atoms with E-state index in [0.29, 0.717) is 17.2 Å². The molecule has 7 nitrogen and oxygen atoms in total. The van der Waals surface area contributed by atoms with Gasteiger partial charge in [-0.3, -0.25) is 10.1 Å². The Hall–Kier alpha value is -7.90. The van der Waals surface area contributed by atoms with Crippen LogP contribution in [0, 0.1) is 10.1 Å². The molecule has 8 aromatic carbocycles. The number of anilines is 2. The van der Waals surface area contributed by atoms with Gasteiger partial charge in [0, 0.05) is 34.0 Å². The Bertz CT molecular complexity index is 3190. The highest BCUT2D eigenvalue weighted by Crippen LogP contribution is 2.62. The average Bonchev–Trinajstić information content (AvgIpc) is 3.79. The van der Waals surface area contributed by atoms with Gasteiger partial charge in [-0.2, -0.15) is 0 Å². The molecule has 63 heavy (non-hydrogen) atoms. The highest BCUT2D eigenvalue weighted by atomic mass is 16.6. The fraction of sp³-hybridized carbons (Fsp3) is 0.107. The zero-order valence-electron chi connectivity index (χ0n) is 35.2. The first kappa shape index (κ1) is 38.1. The summed E-state index contributed by atoms with van der Waals surface area (Å²) < 4.78 is 0. The minimum Gasteiger partial charge on any atom is -0.383 e. The molecule has 0 saturated heterocycles. The van der Waals surface area contributed by atoms with Crippen molar-refractivity contribution in [2.45, 2.75) is 37.8 Å². The SMILES string of the molecule is CC(/N=C(\N=C(N)c1ccc2c(c1)-c1ccccc1C21c2ccccc2-c2ccccc21)c1ccccc1)N1c2ccccc2C(C)(C)c2cc(-c3ccccc3[N+](=O)[O-])ccc21. The van der Waals surface area contributed by atoms with Crippen molar-refractivity contribution in [1.29, 1.82) is 0 Å². The number of nitro benzene ring substituents is 1. The number of nitro groups is 1. The second-order valence-electron chi connectivity index (χ2n) is 17.1. The van der Waals surface area contributed by atoms with Gasteiger partial charge in [0.05, 0.1) is 15.9 Å². The number of para-hydroxylation sites is 2. The average molecular weight is 818 g/mol. The number of nitrogens with zero attached hydrogens (tertiary/aromatic N) is 4. The third-order valence-electron chi connectivity index (χ3n) is 13.4. The quantitative estimate of drug-likeness (QED) is 0.0782. The largest absolute Gasteiger partial charge is 0.383 e. The first-order valence-electron chi connectivity index (χ1n) is 21.4. The van der Waals surface area contributed by atoms with Crippen molar-refractivity contribution in [2.24, 2.45) is 15.7 Å². The molecule has 304 valence electrons. The number of benzene rings is 8. The summed E-state index contributed by atoms with van der Waals surface area (Å²) in [4.78, 5) is 24.6. The lowest BCUT2D eigenvalue weighted by Crippen LogP contribution is -2.37. The van der Waals surface area contributed by atoms with Crippen LogP contribution in [0.4, 0.5) is 17.1 Å². The van der Waals surface area contributed by atoms with Gasteiger partial charge in [-0.05, 0) is 98.5 Å². The lowest BCUT2D eigenvalue weighted by atomic mass is 9.70. The van der Waals surface area contributed by atoms with Crippen LogP contribution < -0.4 is 10.6 Å². The normalized spacial score (nSPS) is 15.4. The topological polar surface area (TPSA) is 97.1 Å². The number of rotatable bonds is 6. The lowest BCUT2D eigenvalue weighted by Gasteiger charge is -2.43. The van der Waals surface area contributed by atoms with Gasteiger partial charge in [0.1, 0.15) is 12.0 Å². The fourth-order valence-electron chi connectivity index (χ4n) is 10.6. The Morgan fingerprint density at radius 1 is 0.556 bits per heavy atom. The number of hydrogen-bond donors (Lipinski definition) is 1. The summed E-state index contributed by atoms with van der Waals surface area (Å²) in [6, 6.07) is 64.4. The van der Waals surface area contributed by atoms with E-state index in [1.165, 1.54) is 38.9 Å². The van der Waals surface area contributed by atoms with Gasteiger partial charge in [-0.15, -0.1) is 0 Å². The minimum absolute atomic E-state index is 0.0746. The highest BCUT2D eigenvalue weighted by Gasteiger charge is 2.51. The Morgan fingerprint density at radius 2 is 1.08 bits per heavy atom. The molecule has 1 heterocycles. The molecule has 1 atom stereocenters. The van der Waals surface area contributed by atoms with Gasteiger partial charge in [-0.25, -0.2) is 9.98 Å². The molecule has 1 aliphatic heterocycles. The van der Waals surface area contributed by atoms with Crippen molar-refractivity contribution in [3.8, 4) is 33.4 Å². The number of fused-ring (bicyclic) bond motifs is 12. The second kappa shape index (κ2) is 14.4. The molecule has 0 saturated carbocycles. The van der Waals surface area contributed by atoms with Crippen LogP contribution in [0.15, 0.2) is 198 Å². The number of hydrogen-bond acceptors (Lipinski definition) is 4. The van der Waals surface area contributed by atoms with E-state index in [0.717, 1.165) is 44.8 Å². The summed E-state index contributed by atoms with van der Waals surface area (Å²) in [7, 11) is 0. The van der Waals surface area contributed by atoms with E-state index in [1.807, 2.05) is 48.5 Å². The van der Waals surface area contributed by atoms with Crippen LogP contribution in [0.3, 0.4) is 0 Å². The number of amidine groups is 2. The maximum Gasteiger partial charge on any atom is 0.277 e. The Balaban J connectivity index is 1.03. The molecule has 2 N–H and O–H groups in total. The molecule has 0 aromatic heterocycles. The van der Waals surface area contributed by atoms with Crippen LogP contribution in [0.25, 0.3) is 33.4 Å². The smallest absolute Gasteiger partial charge is 0.277 e. The summed E-state index contributed by atoms with van der Waals surface area (Å²) in [5.74, 6) is 0.880. The minimum atomic E-state index is -0.443. The van der Waals surface area contributed by atoms with Crippen LogP contribution in [-0.4, -0.2) is 22.8 Å². The van der Waals surface area contributed by atoms with Crippen LogP contribution in [-0.2, 0) is 10.8 Å². The van der Waals surface area contributed by atoms with Crippen molar-refractivity contribution < 1.29 is 4.92 Å². The van der Waals surface area contributed by atoms with Crippen molar-refractivity contribution >= 4 is 28.7 Å². The van der Waals surface area contributed by atoms with Gasteiger partial charge >= 0.3 is 0 Å². The molecule has 3 aliphatic rings. The van der Waals surface area contributed by atoms with Crippen LogP contribution in [0.5, 0.6) is 0 Å². The van der Waals surface area contributed by atoms with Crippen molar-refractivity contribution in [3.05, 3.63) is 243 Å². The molecule has 2 aliphatic carbocycles. The van der Waals surface area contributed by atoms with Gasteiger partial charge in [0.15, 0.2) is 5.84 Å². The third-order valence-corrected chi connectivity index (χ3v) is 13.4. The van der Waals surface area contributed by atoms with E-state index in [4.69, 9.17) is 15.7 Å². The Morgan fingerprint density at radius 3 is 1.73 bits per heavy atom. The van der Waals surface area contributed by atoms with Crippen LogP contribution in [0.2, 0.25) is 0 Å². The predicted molar refractivity (Wildman–Crippen MR) is 255 cm³/mol. The number of aliphatic imine (C=N–C) groups is 2. The third kappa shape index (κ3) is 5.66. The molecule has 11 rings (SSSR count). The van der Waals surface area contributed by atoms with E-state index in [2.05, 4.69) is 153 Å². The highest BCUT2D eigenvalue weighted by molar-refractivity contribution is 6.12. The van der Waals surface area contributed by atoms with E-state index in [-0.39, 0.29) is 10.6 Å². The predicted octanol–water partition coefficient (Wildman–Crippen LogP) is 12.6. The first-order chi connectivity index (χ1) is 30.7. The van der Waals surface area contributed by atoms with E-state index in [1.54, 1.807) is 12.1 Å². The second-order valence-corrected chi connectivity index (χ2v) is 17.1. The van der Waals surface area contributed by atoms with Crippen molar-refractivity contribution in [1.82, 2.24) is 0 Å². The fourth-order valence-corrected chi connectivity index (χ4v) is 10.6. The molecular weight excluding hydrogens is 775 g/mol. The molecule has 8 aromatic rings. The molecule has 1 unspecified atom stereocenters. The molecule has 1 spiro atoms. The van der Waals surface area contributed by atoms with Gasteiger partial charge in [0.2, 0.25) is 0 Å². The summed E-state index contributed by atoms with van der Waals surface area (Å²) in [6.45, 7) is 6.49. The van der Waals surface area contributed by atoms with Gasteiger partial charge in [-0.1, -0.05) is 166 Å². The first-order valence-corrected chi connectivity index (χ1v) is 21.4. The Labute approximate surface area is 366 Å². The zero-order chi connectivity index (χ0) is 43.0. The monoisotopic (exact) mass is 817 g/mol. The lowest BCUT2D eigenvalue weighted by molar-refractivity contribution is -0.384. The molecule has 0 amide bonds. The molecular formula is C56H43N5O2. The van der Waals surface area contributed by atoms with Crippen molar-refractivity contribution in [2.75, 3.05) is 4.90 Å². The summed E-state index contributed by atoms with van der Waals surface area (Å²) in [5.41, 5.74) is 23.5. The summed E-state index contributed by atoms with van der Waals surface area (Å²) >= 11 is 0. The maximum atomic E-state index is 12.1. The van der Waals surface area contributed by atoms with E-state index in [9.17, 15) is 10.1 Å². The van der Waals surface area contributed by atoms with Crippen LogP contribution in [0.1, 0.15) is 65.3 Å². The van der Waals surface area contributed by atoms with Gasteiger partial charge in [0.25, 0.3) is 5.69 Å². The summed E-state index contributed by atoms with van der Waals surface area (Å²) in [6.07, 6.45) is -0.432. The Kier molecular flexibility index (Phi) is 8.67. The van der Waals surface area contributed by atoms with Crippen molar-refractivity contribution in [3.63, 3.8) is 0 Å². The van der Waals surface area contributed by atoms with Gasteiger partial charge < -0.3 is 10.6 Å². The van der Waals surface area contributed by atoms with Crippen LogP contribution >= 0.6 is 0 Å². The van der Waals surface area contributed by atoms with E-state index < -0.39 is 17.0 Å². The standard InChI is InChI=1S/C56H43N5O2/c1-35(60-51-28-16-14-26-48(51)55(2,3)49-34-37(30-32-52(49)60)39-19-10-15-27-50(39)61(62)63)58-54(36-17-5-4-6-18-36)59-53(57)38-29-31-47-43(33-38)42-22-9-13-25-46(42)56(47)44-23-11-7-20-40(44)41-21-8-12-24-45(41)56/h4-35H,1-3H3,(H2,57,58,59). The molecule has 0 radical (unpaired) electrons. The molecule has 7 heteroatoms. The van der Waals surface area contributed by atoms with E-state index >= 15 is 0 Å². The molecule has 0 bridgehead atoms.